The molecule has 1 aromatic carbocycles. The predicted molar refractivity (Wildman–Crippen MR) is 106 cm³/mol. The Morgan fingerprint density at radius 3 is 2.85 bits per heavy atom. The summed E-state index contributed by atoms with van der Waals surface area (Å²) in [6.45, 7) is 4.11. The molecule has 4 rings (SSSR count). The molecule has 0 bridgehead atoms. The molecule has 3 aromatic rings. The molecule has 0 radical (unpaired) electrons. The quantitative estimate of drug-likeness (QED) is 0.741. The lowest BCUT2D eigenvalue weighted by molar-refractivity contribution is 0.221. The number of nitrogens with zero attached hydrogens (tertiary/aromatic N) is 3. The monoisotopic (exact) mass is 386 g/mol. The van der Waals surface area contributed by atoms with E-state index in [0.717, 1.165) is 42.7 Å². The predicted octanol–water partition coefficient (Wildman–Crippen LogP) is 3.89. The van der Waals surface area contributed by atoms with Crippen molar-refractivity contribution in [2.45, 2.75) is 30.7 Å². The summed E-state index contributed by atoms with van der Waals surface area (Å²) in [4.78, 5) is 12.0. The summed E-state index contributed by atoms with van der Waals surface area (Å²) in [6.07, 6.45) is 4.82. The summed E-state index contributed by atoms with van der Waals surface area (Å²) >= 11 is 1.67. The third-order valence-corrected chi connectivity index (χ3v) is 7.11. The number of thiazole rings is 1. The zero-order chi connectivity index (χ0) is 18.3. The zero-order valence-corrected chi connectivity index (χ0v) is 16.6. The molecule has 136 valence electrons. The molecule has 0 unspecified atom stereocenters. The summed E-state index contributed by atoms with van der Waals surface area (Å²) in [6, 6.07) is 8.78. The van der Waals surface area contributed by atoms with Crippen LogP contribution in [0.25, 0.3) is 10.2 Å². The number of fused-ring (bicyclic) bond motifs is 2. The van der Waals surface area contributed by atoms with E-state index >= 15 is 0 Å². The van der Waals surface area contributed by atoms with Gasteiger partial charge in [-0.25, -0.2) is 14.0 Å². The van der Waals surface area contributed by atoms with Crippen molar-refractivity contribution in [3.8, 4) is 0 Å². The number of nitrogens with one attached hydrogen (secondary N) is 1. The number of rotatable bonds is 3. The smallest absolute Gasteiger partial charge is 0.0815 e. The minimum absolute atomic E-state index is 0.307. The molecule has 1 aliphatic heterocycles. The topological polar surface area (TPSA) is 69.9 Å². The van der Waals surface area contributed by atoms with E-state index in [0.29, 0.717) is 10.9 Å². The van der Waals surface area contributed by atoms with Crippen molar-refractivity contribution in [3.63, 3.8) is 0 Å². The summed E-state index contributed by atoms with van der Waals surface area (Å²) in [7, 11) is -2.72. The molecular weight excluding hydrogens is 364 g/mol. The number of hydrogen-bond acceptors (Lipinski definition) is 6. The first-order valence-corrected chi connectivity index (χ1v) is 11.6. The van der Waals surface area contributed by atoms with E-state index in [2.05, 4.69) is 40.0 Å². The molecule has 0 saturated heterocycles. The standard InChI is InChI=1S/C19H22N4OS2/c1-13(14-3-4-19-18(10-14)22-12-25-19)23-7-5-15-9-16(26(2,20)24)11-21-17(15)6-8-23/h3-4,9-13,20H,5-8H2,1-2H3/t13-,26-/m1/s1. The van der Waals surface area contributed by atoms with Gasteiger partial charge in [-0.05, 0) is 42.7 Å². The van der Waals surface area contributed by atoms with Crippen LogP contribution in [0.15, 0.2) is 40.9 Å². The van der Waals surface area contributed by atoms with Gasteiger partial charge in [0.25, 0.3) is 0 Å². The second kappa shape index (κ2) is 6.72. The van der Waals surface area contributed by atoms with Crippen molar-refractivity contribution in [2.24, 2.45) is 0 Å². The third-order valence-electron chi connectivity index (χ3n) is 5.17. The van der Waals surface area contributed by atoms with E-state index in [1.807, 2.05) is 11.6 Å². The van der Waals surface area contributed by atoms with E-state index in [1.54, 1.807) is 17.5 Å². The maximum absolute atomic E-state index is 12.0. The Bertz CT molecular complexity index is 1060. The van der Waals surface area contributed by atoms with Crippen LogP contribution in [0.1, 0.15) is 29.8 Å². The van der Waals surface area contributed by atoms with Gasteiger partial charge in [-0.2, -0.15) is 0 Å². The molecule has 0 amide bonds. The van der Waals surface area contributed by atoms with Gasteiger partial charge in [0.2, 0.25) is 0 Å². The van der Waals surface area contributed by atoms with Crippen LogP contribution < -0.4 is 0 Å². The minimum atomic E-state index is -2.72. The fourth-order valence-corrected chi connectivity index (χ4v) is 4.81. The first kappa shape index (κ1) is 17.6. The second-order valence-electron chi connectivity index (χ2n) is 6.91. The fourth-order valence-electron chi connectivity index (χ4n) is 3.53. The maximum Gasteiger partial charge on any atom is 0.0815 e. The normalized spacial score (nSPS) is 18.8. The van der Waals surface area contributed by atoms with Gasteiger partial charge in [-0.3, -0.25) is 9.88 Å². The summed E-state index contributed by atoms with van der Waals surface area (Å²) in [5.41, 5.74) is 6.45. The maximum atomic E-state index is 12.0. The van der Waals surface area contributed by atoms with Crippen molar-refractivity contribution in [1.82, 2.24) is 14.9 Å². The lowest BCUT2D eigenvalue weighted by Gasteiger charge is -2.27. The van der Waals surface area contributed by atoms with Gasteiger partial charge >= 0.3 is 0 Å². The van der Waals surface area contributed by atoms with Gasteiger partial charge in [0.15, 0.2) is 0 Å². The molecule has 0 fully saturated rings. The van der Waals surface area contributed by atoms with Gasteiger partial charge in [0.1, 0.15) is 0 Å². The van der Waals surface area contributed by atoms with Gasteiger partial charge in [-0.1, -0.05) is 6.07 Å². The Labute approximate surface area is 158 Å². The van der Waals surface area contributed by atoms with Crippen LogP contribution in [0.5, 0.6) is 0 Å². The van der Waals surface area contributed by atoms with Crippen LogP contribution in [-0.2, 0) is 22.6 Å². The lowest BCUT2D eigenvalue weighted by atomic mass is 10.1. The van der Waals surface area contributed by atoms with Crippen LogP contribution in [0.3, 0.4) is 0 Å². The molecular formula is C19H22N4OS2. The molecule has 0 spiro atoms. The fraction of sp³-hybridized carbons (Fsp3) is 0.368. The molecule has 1 N–H and O–H groups in total. The van der Waals surface area contributed by atoms with E-state index in [9.17, 15) is 4.21 Å². The van der Waals surface area contributed by atoms with Crippen molar-refractivity contribution >= 4 is 31.3 Å². The first-order valence-electron chi connectivity index (χ1n) is 8.70. The second-order valence-corrected chi connectivity index (χ2v) is 9.96. The molecule has 5 nitrogen and oxygen atoms in total. The highest BCUT2D eigenvalue weighted by Crippen LogP contribution is 2.28. The highest BCUT2D eigenvalue weighted by Gasteiger charge is 2.21. The van der Waals surface area contributed by atoms with Crippen molar-refractivity contribution < 1.29 is 4.21 Å². The van der Waals surface area contributed by atoms with Crippen LogP contribution in [0, 0.1) is 4.78 Å². The van der Waals surface area contributed by atoms with Gasteiger partial charge in [0.05, 0.1) is 30.4 Å². The molecule has 0 aliphatic carbocycles. The van der Waals surface area contributed by atoms with Gasteiger partial charge in [-0.15, -0.1) is 11.3 Å². The summed E-state index contributed by atoms with van der Waals surface area (Å²) < 4.78 is 21.0. The molecule has 3 heterocycles. The van der Waals surface area contributed by atoms with Gasteiger partial charge in [0, 0.05) is 43.7 Å². The van der Waals surface area contributed by atoms with Crippen molar-refractivity contribution in [3.05, 3.63) is 52.8 Å². The van der Waals surface area contributed by atoms with Crippen molar-refractivity contribution in [2.75, 3.05) is 19.3 Å². The Kier molecular flexibility index (Phi) is 4.54. The third kappa shape index (κ3) is 3.39. The molecule has 7 heteroatoms. The van der Waals surface area contributed by atoms with E-state index < -0.39 is 9.73 Å². The first-order chi connectivity index (χ1) is 12.4. The Balaban J connectivity index is 1.56. The van der Waals surface area contributed by atoms with Crippen LogP contribution >= 0.6 is 11.3 Å². The average Bonchev–Trinajstić information content (AvgIpc) is 2.98. The average molecular weight is 387 g/mol. The molecule has 2 aromatic heterocycles. The Morgan fingerprint density at radius 2 is 2.04 bits per heavy atom. The number of benzene rings is 1. The van der Waals surface area contributed by atoms with E-state index in [4.69, 9.17) is 4.78 Å². The molecule has 2 atom stereocenters. The largest absolute Gasteiger partial charge is 0.296 e. The number of pyridine rings is 1. The number of aromatic nitrogens is 2. The molecule has 26 heavy (non-hydrogen) atoms. The summed E-state index contributed by atoms with van der Waals surface area (Å²) in [5, 5.41) is 0. The van der Waals surface area contributed by atoms with E-state index in [1.165, 1.54) is 16.5 Å². The molecule has 0 saturated carbocycles. The van der Waals surface area contributed by atoms with E-state index in [-0.39, 0.29) is 0 Å². The highest BCUT2D eigenvalue weighted by atomic mass is 32.2. The van der Waals surface area contributed by atoms with Crippen LogP contribution in [-0.4, -0.2) is 38.4 Å². The SMILES string of the molecule is C[C@H](c1ccc2scnc2c1)N1CCc2cc([S@](C)(=N)=O)cnc2CC1. The van der Waals surface area contributed by atoms with Crippen LogP contribution in [0.2, 0.25) is 0 Å². The number of hydrogen-bond donors (Lipinski definition) is 1. The highest BCUT2D eigenvalue weighted by molar-refractivity contribution is 7.91. The zero-order valence-electron chi connectivity index (χ0n) is 14.9. The van der Waals surface area contributed by atoms with Gasteiger partial charge < -0.3 is 0 Å². The Morgan fingerprint density at radius 1 is 1.23 bits per heavy atom. The van der Waals surface area contributed by atoms with Crippen molar-refractivity contribution in [1.29, 1.82) is 4.78 Å². The van der Waals surface area contributed by atoms with Crippen LogP contribution in [0.4, 0.5) is 0 Å². The minimum Gasteiger partial charge on any atom is -0.296 e. The lowest BCUT2D eigenvalue weighted by Crippen LogP contribution is -2.29. The molecule has 1 aliphatic rings. The Hall–Kier alpha value is -1.83. The summed E-state index contributed by atoms with van der Waals surface area (Å²) in [5.74, 6) is 0.